The molecule has 0 aliphatic rings. The Bertz CT molecular complexity index is 1940. The van der Waals surface area contributed by atoms with E-state index in [9.17, 15) is 5.26 Å². The Balaban J connectivity index is 1.74. The number of fused-ring (bicyclic) bond motifs is 3. The van der Waals surface area contributed by atoms with Gasteiger partial charge in [0.2, 0.25) is 11.5 Å². The summed E-state index contributed by atoms with van der Waals surface area (Å²) in [6.07, 6.45) is 2.04. The molecule has 0 aliphatic carbocycles. The lowest BCUT2D eigenvalue weighted by atomic mass is 9.98. The van der Waals surface area contributed by atoms with Gasteiger partial charge in [0.05, 0.1) is 22.5 Å². The summed E-state index contributed by atoms with van der Waals surface area (Å²) in [5, 5.41) is 11.7. The molecule has 3 heterocycles. The second-order valence-electron chi connectivity index (χ2n) is 8.91. The summed E-state index contributed by atoms with van der Waals surface area (Å²) in [6, 6.07) is 27.7. The van der Waals surface area contributed by atoms with Gasteiger partial charge in [-0.3, -0.25) is 4.57 Å². The normalized spacial score (nSPS) is 11.7. The minimum atomic E-state index is 0.329. The van der Waals surface area contributed by atoms with Crippen LogP contribution in [0.25, 0.3) is 37.2 Å². The van der Waals surface area contributed by atoms with Crippen LogP contribution in [0.5, 0.6) is 5.88 Å². The second kappa shape index (κ2) is 10.3. The van der Waals surface area contributed by atoms with E-state index in [2.05, 4.69) is 25.1 Å². The first-order valence-corrected chi connectivity index (χ1v) is 13.6. The van der Waals surface area contributed by atoms with Gasteiger partial charge < -0.3 is 4.74 Å². The van der Waals surface area contributed by atoms with E-state index in [4.69, 9.17) is 31.3 Å². The topological polar surface area (TPSA) is 76.1 Å². The van der Waals surface area contributed by atoms with Crippen molar-refractivity contribution in [2.24, 2.45) is 4.99 Å². The highest BCUT2D eigenvalue weighted by molar-refractivity contribution is 7.25. The Morgan fingerprint density at radius 3 is 2.44 bits per heavy atom. The molecule has 0 atom stereocenters. The monoisotopic (exact) mass is 547 g/mol. The summed E-state index contributed by atoms with van der Waals surface area (Å²) in [5.41, 5.74) is 6.11. The quantitative estimate of drug-likeness (QED) is 0.221. The zero-order valence-electron chi connectivity index (χ0n) is 21.2. The van der Waals surface area contributed by atoms with Crippen LogP contribution in [0.15, 0.2) is 90.1 Å². The minimum Gasteiger partial charge on any atom is -0.477 e. The van der Waals surface area contributed by atoms with E-state index in [0.29, 0.717) is 28.7 Å². The molecular formula is C31H22ClN5OS. The highest BCUT2D eigenvalue weighted by atomic mass is 35.5. The van der Waals surface area contributed by atoms with Gasteiger partial charge in [0.1, 0.15) is 16.5 Å². The molecule has 0 saturated heterocycles. The van der Waals surface area contributed by atoms with Crippen LogP contribution in [-0.4, -0.2) is 21.1 Å². The first-order valence-electron chi connectivity index (χ1n) is 12.4. The van der Waals surface area contributed by atoms with Crippen molar-refractivity contribution in [1.29, 1.82) is 5.26 Å². The Kier molecular flexibility index (Phi) is 6.57. The number of aryl methyl sites for hydroxylation is 1. The number of pyridine rings is 1. The first kappa shape index (κ1) is 24.8. The van der Waals surface area contributed by atoms with Crippen molar-refractivity contribution in [3.63, 3.8) is 0 Å². The van der Waals surface area contributed by atoms with Crippen LogP contribution in [0.2, 0.25) is 5.02 Å². The van der Waals surface area contributed by atoms with Gasteiger partial charge in [0.25, 0.3) is 0 Å². The summed E-state index contributed by atoms with van der Waals surface area (Å²) >= 11 is 7.64. The summed E-state index contributed by atoms with van der Waals surface area (Å²) in [6.45, 7) is 4.35. The maximum atomic E-state index is 10.2. The third-order valence-electron chi connectivity index (χ3n) is 6.30. The van der Waals surface area contributed by atoms with Crippen molar-refractivity contribution in [2.75, 3.05) is 6.61 Å². The van der Waals surface area contributed by atoms with Crippen LogP contribution in [0.3, 0.4) is 0 Å². The highest BCUT2D eigenvalue weighted by Crippen LogP contribution is 2.42. The van der Waals surface area contributed by atoms with Crippen molar-refractivity contribution < 1.29 is 4.74 Å². The molecule has 6 nitrogen and oxygen atoms in total. The average molecular weight is 548 g/mol. The summed E-state index contributed by atoms with van der Waals surface area (Å²) in [5.74, 6) is 0.329. The van der Waals surface area contributed by atoms with Crippen molar-refractivity contribution in [2.45, 2.75) is 13.8 Å². The number of hydrogen-bond acceptors (Lipinski definition) is 6. The molecule has 0 aliphatic heterocycles. The van der Waals surface area contributed by atoms with Gasteiger partial charge in [-0.25, -0.2) is 15.0 Å². The van der Waals surface area contributed by atoms with E-state index in [0.717, 1.165) is 48.5 Å². The third-order valence-corrected chi connectivity index (χ3v) is 7.56. The van der Waals surface area contributed by atoms with Gasteiger partial charge >= 0.3 is 0 Å². The van der Waals surface area contributed by atoms with Gasteiger partial charge in [-0.15, -0.1) is 11.3 Å². The molecule has 190 valence electrons. The molecule has 0 spiro atoms. The standard InChI is InChI=1S/C31H22ClN5OS/c1-3-38-29-24(17-33)26(20-7-5-4-6-8-20)27-28-25(39-30(27)36-29)18-37(23-15-9-19(2)10-16-23)31(35-28)34-22-13-11-21(32)12-14-22/h4-16,18H,3H2,1-2H3. The summed E-state index contributed by atoms with van der Waals surface area (Å²) in [4.78, 5) is 15.5. The molecular weight excluding hydrogens is 526 g/mol. The Morgan fingerprint density at radius 1 is 1.00 bits per heavy atom. The Morgan fingerprint density at radius 2 is 1.74 bits per heavy atom. The van der Waals surface area contributed by atoms with Crippen LogP contribution < -0.4 is 10.4 Å². The number of thiophene rings is 1. The van der Waals surface area contributed by atoms with E-state index in [1.54, 1.807) is 12.1 Å². The molecule has 3 aromatic heterocycles. The van der Waals surface area contributed by atoms with Crippen molar-refractivity contribution >= 4 is 49.1 Å². The van der Waals surface area contributed by atoms with Gasteiger partial charge in [0, 0.05) is 27.9 Å². The van der Waals surface area contributed by atoms with Crippen molar-refractivity contribution in [3.05, 3.63) is 107 Å². The maximum absolute atomic E-state index is 10.2. The van der Waals surface area contributed by atoms with Crippen LogP contribution in [0.1, 0.15) is 18.1 Å². The fourth-order valence-electron chi connectivity index (χ4n) is 4.48. The van der Waals surface area contributed by atoms with Crippen LogP contribution >= 0.6 is 22.9 Å². The fourth-order valence-corrected chi connectivity index (χ4v) is 5.65. The van der Waals surface area contributed by atoms with E-state index in [-0.39, 0.29) is 0 Å². The third kappa shape index (κ3) is 4.65. The summed E-state index contributed by atoms with van der Waals surface area (Å²) in [7, 11) is 0. The number of nitriles is 1. The largest absolute Gasteiger partial charge is 0.477 e. The molecule has 0 bridgehead atoms. The number of ether oxygens (including phenoxy) is 1. The summed E-state index contributed by atoms with van der Waals surface area (Å²) < 4.78 is 8.72. The second-order valence-corrected chi connectivity index (χ2v) is 10.4. The molecule has 39 heavy (non-hydrogen) atoms. The van der Waals surface area contributed by atoms with Gasteiger partial charge in [0.15, 0.2) is 0 Å². The van der Waals surface area contributed by atoms with Gasteiger partial charge in [-0.1, -0.05) is 59.6 Å². The van der Waals surface area contributed by atoms with E-state index in [1.165, 1.54) is 11.3 Å². The number of benzene rings is 3. The predicted molar refractivity (Wildman–Crippen MR) is 157 cm³/mol. The van der Waals surface area contributed by atoms with Gasteiger partial charge in [-0.2, -0.15) is 5.26 Å². The van der Waals surface area contributed by atoms with Crippen molar-refractivity contribution in [1.82, 2.24) is 14.5 Å². The average Bonchev–Trinajstić information content (AvgIpc) is 3.31. The molecule has 0 N–H and O–H groups in total. The number of aromatic nitrogens is 3. The Labute approximate surface area is 234 Å². The maximum Gasteiger partial charge on any atom is 0.235 e. The molecule has 0 amide bonds. The molecule has 0 saturated carbocycles. The van der Waals surface area contributed by atoms with Crippen molar-refractivity contribution in [3.8, 4) is 28.8 Å². The zero-order chi connectivity index (χ0) is 26.9. The number of halogens is 1. The molecule has 3 aromatic carbocycles. The number of nitrogens with zero attached hydrogens (tertiary/aromatic N) is 5. The Hall–Kier alpha value is -4.51. The van der Waals surface area contributed by atoms with E-state index >= 15 is 0 Å². The van der Waals surface area contributed by atoms with E-state index in [1.807, 2.05) is 72.3 Å². The molecule has 0 fully saturated rings. The highest BCUT2D eigenvalue weighted by Gasteiger charge is 2.23. The van der Waals surface area contributed by atoms with Crippen LogP contribution in [-0.2, 0) is 0 Å². The lowest BCUT2D eigenvalue weighted by Gasteiger charge is -2.12. The molecule has 0 unspecified atom stereocenters. The van der Waals surface area contributed by atoms with Gasteiger partial charge in [-0.05, 0) is 55.8 Å². The van der Waals surface area contributed by atoms with E-state index < -0.39 is 0 Å². The smallest absolute Gasteiger partial charge is 0.235 e. The number of rotatable bonds is 5. The molecule has 8 heteroatoms. The zero-order valence-corrected chi connectivity index (χ0v) is 22.8. The number of hydrogen-bond donors (Lipinski definition) is 0. The minimum absolute atomic E-state index is 0.329. The lowest BCUT2D eigenvalue weighted by molar-refractivity contribution is 0.327. The van der Waals surface area contributed by atoms with Crippen LogP contribution in [0.4, 0.5) is 5.69 Å². The molecule has 6 aromatic rings. The predicted octanol–water partition coefficient (Wildman–Crippen LogP) is 7.77. The lowest BCUT2D eigenvalue weighted by Crippen LogP contribution is -2.22. The molecule has 0 radical (unpaired) electrons. The van der Waals surface area contributed by atoms with Crippen LogP contribution in [0, 0.1) is 18.3 Å². The first-order chi connectivity index (χ1) is 19.1. The SMILES string of the molecule is CCOc1nc2sc3cn(-c4ccc(C)cc4)c(=Nc4ccc(Cl)cc4)nc3c2c(-c2ccccc2)c1C#N. The fraction of sp³-hybridized carbons (Fsp3) is 0.0968. The molecule has 6 rings (SSSR count).